The number of nitrogens with zero attached hydrogens (tertiary/aromatic N) is 3. The Bertz CT molecular complexity index is 1560. The SMILES string of the molecule is COc1ccccc1[C@@H]1SCC(=O)N(CC(=O)NC[C@@H]2CCCO2)c2c1c(-c1ccccc1)nn2-c1ccc(C)cc1. The van der Waals surface area contributed by atoms with Gasteiger partial charge in [-0.2, -0.15) is 5.10 Å². The summed E-state index contributed by atoms with van der Waals surface area (Å²) < 4.78 is 13.3. The number of thioether (sulfide) groups is 1. The predicted octanol–water partition coefficient (Wildman–Crippen LogP) is 5.32. The molecule has 1 saturated heterocycles. The maximum atomic E-state index is 13.9. The maximum absolute atomic E-state index is 13.9. The molecule has 2 aliphatic rings. The first kappa shape index (κ1) is 28.1. The third-order valence-electron chi connectivity index (χ3n) is 7.69. The summed E-state index contributed by atoms with van der Waals surface area (Å²) >= 11 is 1.53. The molecule has 0 unspecified atom stereocenters. The molecule has 42 heavy (non-hydrogen) atoms. The van der Waals surface area contributed by atoms with Crippen molar-refractivity contribution in [1.29, 1.82) is 0 Å². The van der Waals surface area contributed by atoms with Crippen LogP contribution in [0.1, 0.15) is 34.8 Å². The van der Waals surface area contributed by atoms with Gasteiger partial charge >= 0.3 is 0 Å². The Labute approximate surface area is 250 Å². The number of carbonyl (C=O) groups is 2. The predicted molar refractivity (Wildman–Crippen MR) is 165 cm³/mol. The highest BCUT2D eigenvalue weighted by Crippen LogP contribution is 2.50. The van der Waals surface area contributed by atoms with E-state index in [1.165, 1.54) is 11.8 Å². The third-order valence-corrected chi connectivity index (χ3v) is 8.93. The molecular weight excluding hydrogens is 548 g/mol. The largest absolute Gasteiger partial charge is 0.496 e. The van der Waals surface area contributed by atoms with E-state index in [2.05, 4.69) is 5.32 Å². The van der Waals surface area contributed by atoms with Gasteiger partial charge in [0.15, 0.2) is 0 Å². The molecule has 2 aliphatic heterocycles. The second-order valence-electron chi connectivity index (χ2n) is 10.6. The first-order chi connectivity index (χ1) is 20.5. The number of hydrogen-bond donors (Lipinski definition) is 1. The van der Waals surface area contributed by atoms with E-state index >= 15 is 0 Å². The number of hydrogen-bond acceptors (Lipinski definition) is 6. The highest BCUT2D eigenvalue weighted by molar-refractivity contribution is 8.00. The van der Waals surface area contributed by atoms with Crippen molar-refractivity contribution in [3.63, 3.8) is 0 Å². The zero-order chi connectivity index (χ0) is 29.1. The molecule has 0 bridgehead atoms. The lowest BCUT2D eigenvalue weighted by Gasteiger charge is -2.24. The van der Waals surface area contributed by atoms with Crippen LogP contribution in [-0.4, -0.2) is 60.3 Å². The van der Waals surface area contributed by atoms with E-state index in [1.807, 2.05) is 90.5 Å². The Morgan fingerprint density at radius 3 is 2.57 bits per heavy atom. The van der Waals surface area contributed by atoms with Gasteiger partial charge in [-0.3, -0.25) is 14.5 Å². The van der Waals surface area contributed by atoms with Crippen molar-refractivity contribution in [3.8, 4) is 22.7 Å². The van der Waals surface area contributed by atoms with Gasteiger partial charge < -0.3 is 14.8 Å². The van der Waals surface area contributed by atoms with Gasteiger partial charge in [0.2, 0.25) is 11.8 Å². The van der Waals surface area contributed by atoms with E-state index in [0.717, 1.165) is 52.2 Å². The average Bonchev–Trinajstić information content (AvgIpc) is 3.66. The van der Waals surface area contributed by atoms with Crippen molar-refractivity contribution in [3.05, 3.63) is 95.6 Å². The highest BCUT2D eigenvalue weighted by atomic mass is 32.2. The van der Waals surface area contributed by atoms with Crippen molar-refractivity contribution in [2.24, 2.45) is 0 Å². The summed E-state index contributed by atoms with van der Waals surface area (Å²) in [5.74, 6) is 1.13. The van der Waals surface area contributed by atoms with Crippen LogP contribution >= 0.6 is 11.8 Å². The fourth-order valence-electron chi connectivity index (χ4n) is 5.56. The molecule has 3 heterocycles. The molecule has 4 aromatic rings. The fourth-order valence-corrected chi connectivity index (χ4v) is 6.78. The summed E-state index contributed by atoms with van der Waals surface area (Å²) in [6.45, 7) is 3.06. The second kappa shape index (κ2) is 12.4. The molecule has 3 aromatic carbocycles. The minimum atomic E-state index is -0.269. The fraction of sp³-hybridized carbons (Fsp3) is 0.303. The highest BCUT2D eigenvalue weighted by Gasteiger charge is 2.38. The molecule has 9 heteroatoms. The number of fused-ring (bicyclic) bond motifs is 1. The number of para-hydroxylation sites is 1. The maximum Gasteiger partial charge on any atom is 0.240 e. The average molecular weight is 583 g/mol. The first-order valence-corrected chi connectivity index (χ1v) is 15.3. The van der Waals surface area contributed by atoms with E-state index in [-0.39, 0.29) is 35.5 Å². The van der Waals surface area contributed by atoms with Crippen LogP contribution in [0.15, 0.2) is 78.9 Å². The van der Waals surface area contributed by atoms with Gasteiger partial charge in [0.1, 0.15) is 18.1 Å². The van der Waals surface area contributed by atoms with Crippen LogP contribution in [0.4, 0.5) is 5.82 Å². The van der Waals surface area contributed by atoms with E-state index in [4.69, 9.17) is 14.6 Å². The molecule has 0 spiro atoms. The summed E-state index contributed by atoms with van der Waals surface area (Å²) in [5, 5.41) is 7.88. The number of aryl methyl sites for hydroxylation is 1. The number of amides is 2. The van der Waals surface area contributed by atoms with Gasteiger partial charge in [0.05, 0.1) is 35.6 Å². The van der Waals surface area contributed by atoms with Crippen LogP contribution in [-0.2, 0) is 14.3 Å². The Kier molecular flexibility index (Phi) is 8.30. The van der Waals surface area contributed by atoms with Crippen molar-refractivity contribution in [2.75, 3.05) is 37.5 Å². The van der Waals surface area contributed by atoms with Gasteiger partial charge in [-0.15, -0.1) is 11.8 Å². The van der Waals surface area contributed by atoms with E-state index in [1.54, 1.807) is 12.0 Å². The van der Waals surface area contributed by atoms with Gasteiger partial charge in [0, 0.05) is 29.8 Å². The quantitative estimate of drug-likeness (QED) is 0.303. The molecule has 2 amide bonds. The Morgan fingerprint density at radius 2 is 1.83 bits per heavy atom. The molecule has 8 nitrogen and oxygen atoms in total. The van der Waals surface area contributed by atoms with E-state index < -0.39 is 0 Å². The summed E-state index contributed by atoms with van der Waals surface area (Å²) in [4.78, 5) is 28.9. The molecular formula is C33H34N4O4S. The number of nitrogens with one attached hydrogen (secondary N) is 1. The molecule has 0 saturated carbocycles. The Hall–Kier alpha value is -4.08. The number of aromatic nitrogens is 2. The van der Waals surface area contributed by atoms with Crippen molar-refractivity contribution in [1.82, 2.24) is 15.1 Å². The standard InChI is InChI=1S/C33H34N4O4S/c1-22-14-16-24(17-15-22)37-33-30(31(35-37)23-9-4-3-5-10-23)32(26-12-6-7-13-27(26)40-2)42-21-29(39)36(33)20-28(38)34-19-25-11-8-18-41-25/h3-7,9-10,12-17,25,32H,8,11,18-21H2,1-2H3,(H,34,38)/t25-,32-/m0/s1. The molecule has 1 N–H and O–H groups in total. The molecule has 216 valence electrons. The van der Waals surface area contributed by atoms with Crippen LogP contribution in [0.3, 0.4) is 0 Å². The molecule has 6 rings (SSSR count). The molecule has 0 radical (unpaired) electrons. The number of carbonyl (C=O) groups excluding carboxylic acids is 2. The lowest BCUT2D eigenvalue weighted by Crippen LogP contribution is -2.44. The summed E-state index contributed by atoms with van der Waals surface area (Å²) in [7, 11) is 1.66. The van der Waals surface area contributed by atoms with Crippen molar-refractivity contribution in [2.45, 2.75) is 31.1 Å². The Balaban J connectivity index is 1.53. The van der Waals surface area contributed by atoms with Gasteiger partial charge in [0.25, 0.3) is 0 Å². The van der Waals surface area contributed by atoms with Gasteiger partial charge in [-0.05, 0) is 38.0 Å². The monoisotopic (exact) mass is 582 g/mol. The molecule has 2 atom stereocenters. The minimum Gasteiger partial charge on any atom is -0.496 e. The third kappa shape index (κ3) is 5.67. The zero-order valence-corrected chi connectivity index (χ0v) is 24.6. The van der Waals surface area contributed by atoms with Crippen LogP contribution < -0.4 is 15.0 Å². The zero-order valence-electron chi connectivity index (χ0n) is 23.8. The van der Waals surface area contributed by atoms with E-state index in [9.17, 15) is 9.59 Å². The first-order valence-electron chi connectivity index (χ1n) is 14.2. The van der Waals surface area contributed by atoms with Crippen molar-refractivity contribution >= 4 is 29.4 Å². The van der Waals surface area contributed by atoms with Gasteiger partial charge in [-0.25, -0.2) is 4.68 Å². The van der Waals surface area contributed by atoms with E-state index in [0.29, 0.717) is 19.0 Å². The van der Waals surface area contributed by atoms with Crippen LogP contribution in [0, 0.1) is 6.92 Å². The smallest absolute Gasteiger partial charge is 0.240 e. The van der Waals surface area contributed by atoms with Crippen LogP contribution in [0.5, 0.6) is 5.75 Å². The van der Waals surface area contributed by atoms with Crippen molar-refractivity contribution < 1.29 is 19.1 Å². The number of ether oxygens (including phenoxy) is 2. The number of anilines is 1. The summed E-state index contributed by atoms with van der Waals surface area (Å²) in [5.41, 5.74) is 5.43. The normalized spacial score (nSPS) is 18.4. The Morgan fingerprint density at radius 1 is 1.07 bits per heavy atom. The topological polar surface area (TPSA) is 85.7 Å². The van der Waals surface area contributed by atoms with Crippen LogP contribution in [0.2, 0.25) is 0 Å². The lowest BCUT2D eigenvalue weighted by atomic mass is 9.99. The lowest BCUT2D eigenvalue weighted by molar-refractivity contribution is -0.123. The second-order valence-corrected chi connectivity index (χ2v) is 11.6. The van der Waals surface area contributed by atoms with Crippen LogP contribution in [0.25, 0.3) is 16.9 Å². The molecule has 1 fully saturated rings. The number of methoxy groups -OCH3 is 1. The number of rotatable bonds is 8. The summed E-state index contributed by atoms with van der Waals surface area (Å²) in [6, 6.07) is 25.9. The van der Waals surface area contributed by atoms with Gasteiger partial charge in [-0.1, -0.05) is 66.2 Å². The summed E-state index contributed by atoms with van der Waals surface area (Å²) in [6.07, 6.45) is 1.93. The number of benzene rings is 3. The minimum absolute atomic E-state index is 0.0117. The molecule has 1 aromatic heterocycles. The molecule has 0 aliphatic carbocycles.